The predicted octanol–water partition coefficient (Wildman–Crippen LogP) is 20.7. The minimum atomic E-state index is -4.98. The monoisotopic (exact) mass is 1370 g/mol. The first-order valence-electron chi connectivity index (χ1n) is 33.0. The summed E-state index contributed by atoms with van der Waals surface area (Å²) >= 11 is 1.36. The van der Waals surface area contributed by atoms with Crippen molar-refractivity contribution in [2.75, 3.05) is 24.5 Å². The lowest BCUT2D eigenvalue weighted by Crippen LogP contribution is -2.64. The highest BCUT2D eigenvalue weighted by Gasteiger charge is 2.50. The quantitative estimate of drug-likeness (QED) is 0.0941. The van der Waals surface area contributed by atoms with Crippen LogP contribution in [0.5, 0.6) is 0 Å². The molecule has 0 aromatic heterocycles. The lowest BCUT2D eigenvalue weighted by atomic mass is 9.31. The van der Waals surface area contributed by atoms with Gasteiger partial charge in [0.05, 0.1) is 16.9 Å². The first-order chi connectivity index (χ1) is 49.7. The largest absolute Gasteiger partial charge is 0.418 e. The van der Waals surface area contributed by atoms with Gasteiger partial charge in [0, 0.05) is 66.7 Å². The van der Waals surface area contributed by atoms with E-state index in [1.54, 1.807) is 65.6 Å². The molecule has 0 bridgehead atoms. The summed E-state index contributed by atoms with van der Waals surface area (Å²) in [6.45, 7) is -1.64. The van der Waals surface area contributed by atoms with Crippen molar-refractivity contribution in [3.05, 3.63) is 344 Å². The Morgan fingerprint density at radius 3 is 1.19 bits per heavy atom. The molecule has 4 heterocycles. The van der Waals surface area contributed by atoms with Gasteiger partial charge >= 0.3 is 6.18 Å². The molecule has 0 aliphatic carbocycles. The molecule has 0 saturated carbocycles. The molecular weight excluding hydrogens is 1320 g/mol. The molecule has 0 fully saturated rings. The van der Waals surface area contributed by atoms with Crippen molar-refractivity contribution in [2.24, 2.45) is 0 Å². The summed E-state index contributed by atoms with van der Waals surface area (Å²) in [4.78, 5) is 9.26. The number of anilines is 15. The van der Waals surface area contributed by atoms with Crippen LogP contribution in [0.4, 0.5) is 125 Å². The summed E-state index contributed by atoms with van der Waals surface area (Å²) in [6, 6.07) is 86.0. The maximum atomic E-state index is 17.1. The number of alkyl halides is 3. The second-order valence-electron chi connectivity index (χ2n) is 25.4. The summed E-state index contributed by atoms with van der Waals surface area (Å²) in [5.74, 6) is -5.50. The SMILES string of the molecule is Fc1cccc(F)c1N(c1ccccc1)c1cc2c3c(c1)N(c1c(F)cccc1F)c1ccccc1B3c1cc3c(cc1N2c1ccccc1C(F)(F)F)Sc1cc(N(c2ccc(-c4ccccc4)cc2)c2ccc(-c4ccccc4)cc2)cc2c1B3c1ccccc1N2c1c(F)cccc1F. The molecule has 4 aliphatic rings. The van der Waals surface area contributed by atoms with Crippen LogP contribution >= 0.6 is 11.8 Å². The minimum absolute atomic E-state index is 0.0294. The van der Waals surface area contributed by atoms with E-state index in [4.69, 9.17) is 0 Å². The number of hydrogen-bond acceptors (Lipinski definition) is 6. The Hall–Kier alpha value is -12.1. The summed E-state index contributed by atoms with van der Waals surface area (Å²) in [6.07, 6.45) is -4.98. The van der Waals surface area contributed by atoms with Crippen LogP contribution in [0, 0.1) is 34.9 Å². The van der Waals surface area contributed by atoms with Crippen molar-refractivity contribution in [2.45, 2.75) is 16.0 Å². The average Bonchev–Trinajstić information content (AvgIpc) is 0.692. The Kier molecular flexibility index (Phi) is 14.9. The van der Waals surface area contributed by atoms with E-state index in [-0.39, 0.29) is 34.1 Å². The average molecular weight is 1370 g/mol. The third-order valence-corrected chi connectivity index (χ3v) is 20.8. The lowest BCUT2D eigenvalue weighted by Gasteiger charge is -2.46. The molecule has 17 heteroatoms. The van der Waals surface area contributed by atoms with Gasteiger partial charge in [0.2, 0.25) is 6.71 Å². The van der Waals surface area contributed by atoms with Gasteiger partial charge in [0.25, 0.3) is 6.71 Å². The first-order valence-corrected chi connectivity index (χ1v) is 33.8. The standard InChI is InChI=1S/C85H50B2F9N5S/c88-65-28-16-29-66(89)82(65)98(55-23-8-3-9-24-55)58-45-75-80-76(46-58)100(83-67(90)30-17-31-68(83)91)72-35-14-11-26-61(72)86(80)63-49-64-78(50-74(63)99(75)71-34-13-10-25-60(71)85(94,95)96)102-79-48-59(47-77-81(79)87(64)62-27-12-15-36-73(62)101(77)84-69(92)32-18-33-70(84)93)97(56-41-37-53(38-42-56)51-19-4-1-5-20-51)57-43-39-54(40-44-57)52-21-6-2-7-22-52/h1-50H. The number of benzene rings is 14. The van der Waals surface area contributed by atoms with E-state index in [0.29, 0.717) is 71.0 Å². The molecule has 5 nitrogen and oxygen atoms in total. The van der Waals surface area contributed by atoms with Crippen LogP contribution in [-0.2, 0) is 6.18 Å². The van der Waals surface area contributed by atoms with Crippen LogP contribution in [0.25, 0.3) is 22.3 Å². The highest BCUT2D eigenvalue weighted by molar-refractivity contribution is 8.00. The van der Waals surface area contributed by atoms with E-state index >= 15 is 39.5 Å². The molecule has 0 unspecified atom stereocenters. The number of hydrogen-bond donors (Lipinski definition) is 0. The Balaban J connectivity index is 0.926. The molecule has 0 N–H and O–H groups in total. The van der Waals surface area contributed by atoms with E-state index in [9.17, 15) is 0 Å². The summed E-state index contributed by atoms with van der Waals surface area (Å²) in [5, 5.41) is 0. The highest BCUT2D eigenvalue weighted by Crippen LogP contribution is 2.54. The van der Waals surface area contributed by atoms with Crippen molar-refractivity contribution in [3.63, 3.8) is 0 Å². The zero-order valence-corrected chi connectivity index (χ0v) is 54.4. The fraction of sp³-hybridized carbons (Fsp3) is 0.0118. The van der Waals surface area contributed by atoms with E-state index < -0.39 is 71.4 Å². The van der Waals surface area contributed by atoms with Gasteiger partial charge in [-0.2, -0.15) is 13.2 Å². The van der Waals surface area contributed by atoms with E-state index in [1.165, 1.54) is 75.0 Å². The van der Waals surface area contributed by atoms with E-state index in [2.05, 4.69) is 11.0 Å². The Bertz CT molecular complexity index is 5550. The summed E-state index contributed by atoms with van der Waals surface area (Å²) in [5.41, 5.74) is 8.82. The molecule has 18 rings (SSSR count). The molecule has 14 aromatic carbocycles. The van der Waals surface area contributed by atoms with Crippen LogP contribution in [0.2, 0.25) is 0 Å². The maximum absolute atomic E-state index is 17.1. The van der Waals surface area contributed by atoms with Crippen molar-refractivity contribution in [3.8, 4) is 22.3 Å². The number of para-hydroxylation sites is 7. The third kappa shape index (κ3) is 10.1. The van der Waals surface area contributed by atoms with Gasteiger partial charge in [-0.25, -0.2) is 26.3 Å². The molecule has 0 amide bonds. The zero-order chi connectivity index (χ0) is 69.2. The molecule has 0 spiro atoms. The minimum Gasteiger partial charge on any atom is -0.311 e. The maximum Gasteiger partial charge on any atom is 0.418 e. The molecule has 490 valence electrons. The summed E-state index contributed by atoms with van der Waals surface area (Å²) in [7, 11) is 0. The van der Waals surface area contributed by atoms with Crippen molar-refractivity contribution < 1.29 is 39.5 Å². The topological polar surface area (TPSA) is 16.2 Å². The van der Waals surface area contributed by atoms with Gasteiger partial charge in [-0.3, -0.25) is 0 Å². The van der Waals surface area contributed by atoms with E-state index in [0.717, 1.165) is 64.0 Å². The van der Waals surface area contributed by atoms with Crippen molar-refractivity contribution in [1.82, 2.24) is 0 Å². The number of nitrogens with zero attached hydrogens (tertiary/aromatic N) is 5. The van der Waals surface area contributed by atoms with Crippen LogP contribution < -0.4 is 57.3 Å². The molecular formula is C85H50B2F9N5S. The van der Waals surface area contributed by atoms with Crippen LogP contribution in [0.15, 0.2) is 313 Å². The number of fused-ring (bicyclic) bond motifs is 8. The Morgan fingerprint density at radius 2 is 0.676 bits per heavy atom. The molecule has 102 heavy (non-hydrogen) atoms. The normalized spacial score (nSPS) is 13.0. The van der Waals surface area contributed by atoms with Crippen LogP contribution in [0.1, 0.15) is 5.56 Å². The van der Waals surface area contributed by atoms with Gasteiger partial charge in [0.15, 0.2) is 0 Å². The second-order valence-corrected chi connectivity index (χ2v) is 26.5. The highest BCUT2D eigenvalue weighted by atomic mass is 32.2. The van der Waals surface area contributed by atoms with Gasteiger partial charge in [0.1, 0.15) is 52.0 Å². The molecule has 0 atom stereocenters. The number of rotatable bonds is 11. The molecule has 0 saturated heterocycles. The van der Waals surface area contributed by atoms with Gasteiger partial charge in [-0.15, -0.1) is 0 Å². The van der Waals surface area contributed by atoms with Crippen LogP contribution in [-0.4, -0.2) is 13.4 Å². The first kappa shape index (κ1) is 62.2. The van der Waals surface area contributed by atoms with Crippen molar-refractivity contribution >= 4 is 143 Å². The predicted molar refractivity (Wildman–Crippen MR) is 395 cm³/mol. The fourth-order valence-electron chi connectivity index (χ4n) is 15.4. The zero-order valence-electron chi connectivity index (χ0n) is 53.6. The number of halogens is 9. The van der Waals surface area contributed by atoms with Crippen molar-refractivity contribution in [1.29, 1.82) is 0 Å². The van der Waals surface area contributed by atoms with Crippen LogP contribution in [0.3, 0.4) is 0 Å². The fourth-order valence-corrected chi connectivity index (χ4v) is 16.6. The lowest BCUT2D eigenvalue weighted by molar-refractivity contribution is -0.137. The Morgan fingerprint density at radius 1 is 0.275 bits per heavy atom. The molecule has 14 aromatic rings. The summed E-state index contributed by atoms with van der Waals surface area (Å²) < 4.78 is 151. The third-order valence-electron chi connectivity index (χ3n) is 19.7. The molecule has 4 aliphatic heterocycles. The van der Waals surface area contributed by atoms with Gasteiger partial charge in [-0.1, -0.05) is 193 Å². The van der Waals surface area contributed by atoms with Gasteiger partial charge in [-0.05, 0) is 177 Å². The van der Waals surface area contributed by atoms with Gasteiger partial charge < -0.3 is 24.5 Å². The van der Waals surface area contributed by atoms with E-state index in [1.807, 2.05) is 158 Å². The second kappa shape index (κ2) is 24.4. The smallest absolute Gasteiger partial charge is 0.311 e. The Labute approximate surface area is 586 Å². The molecule has 0 radical (unpaired) electrons.